The summed E-state index contributed by atoms with van der Waals surface area (Å²) in [5.74, 6) is 1.23. The molecule has 0 atom stereocenters. The molecular weight excluding hydrogens is 402 g/mol. The Morgan fingerprint density at radius 3 is 2.38 bits per heavy atom. The molecule has 1 N–H and O–H groups in total. The number of ketones is 1. The van der Waals surface area contributed by atoms with Crippen molar-refractivity contribution in [1.29, 1.82) is 0 Å². The smallest absolute Gasteiger partial charge is 0.223 e. The van der Waals surface area contributed by atoms with Crippen LogP contribution >= 0.6 is 0 Å². The minimum Gasteiger partial charge on any atom is -0.497 e. The fourth-order valence-electron chi connectivity index (χ4n) is 4.50. The molecule has 0 spiro atoms. The van der Waals surface area contributed by atoms with Gasteiger partial charge >= 0.3 is 0 Å². The van der Waals surface area contributed by atoms with E-state index in [1.807, 2.05) is 39.0 Å². The third-order valence-corrected chi connectivity index (χ3v) is 6.41. The van der Waals surface area contributed by atoms with Crippen molar-refractivity contribution in [3.63, 3.8) is 0 Å². The van der Waals surface area contributed by atoms with Crippen LogP contribution in [-0.2, 0) is 17.8 Å². The summed E-state index contributed by atoms with van der Waals surface area (Å²) in [7, 11) is 1.67. The molecule has 0 aliphatic carbocycles. The van der Waals surface area contributed by atoms with Gasteiger partial charge in [-0.25, -0.2) is 0 Å². The van der Waals surface area contributed by atoms with Crippen LogP contribution in [0.5, 0.6) is 5.75 Å². The van der Waals surface area contributed by atoms with Crippen LogP contribution in [0.15, 0.2) is 30.3 Å². The number of nitrogens with one attached hydrogen (secondary N) is 1. The van der Waals surface area contributed by atoms with Gasteiger partial charge in [0.15, 0.2) is 5.78 Å². The van der Waals surface area contributed by atoms with Gasteiger partial charge in [-0.15, -0.1) is 0 Å². The molecule has 6 nitrogen and oxygen atoms in total. The van der Waals surface area contributed by atoms with Crippen molar-refractivity contribution in [3.05, 3.63) is 52.8 Å². The Labute approximate surface area is 191 Å². The second-order valence-corrected chi connectivity index (χ2v) is 9.17. The monoisotopic (exact) mass is 439 g/mol. The second-order valence-electron chi connectivity index (χ2n) is 9.17. The highest BCUT2D eigenvalue weighted by Crippen LogP contribution is 2.21. The number of hydrogen-bond acceptors (Lipinski definition) is 4. The first kappa shape index (κ1) is 24.1. The maximum Gasteiger partial charge on any atom is 0.223 e. The average Bonchev–Trinajstić information content (AvgIpc) is 3.06. The number of methoxy groups -OCH3 is 1. The van der Waals surface area contributed by atoms with Gasteiger partial charge < -0.3 is 14.6 Å². The molecule has 0 saturated carbocycles. The number of aromatic nitrogens is 1. The van der Waals surface area contributed by atoms with E-state index < -0.39 is 0 Å². The van der Waals surface area contributed by atoms with Gasteiger partial charge in [-0.05, 0) is 83.8 Å². The van der Waals surface area contributed by atoms with Crippen LogP contribution in [0.1, 0.15) is 54.0 Å². The van der Waals surface area contributed by atoms with E-state index in [-0.39, 0.29) is 23.7 Å². The van der Waals surface area contributed by atoms with Crippen LogP contribution in [0.25, 0.3) is 0 Å². The molecule has 6 heteroatoms. The molecule has 1 aromatic carbocycles. The van der Waals surface area contributed by atoms with Crippen LogP contribution in [0.2, 0.25) is 0 Å². The second kappa shape index (κ2) is 10.8. The van der Waals surface area contributed by atoms with E-state index in [9.17, 15) is 9.59 Å². The summed E-state index contributed by atoms with van der Waals surface area (Å²) in [5, 5.41) is 3.01. The van der Waals surface area contributed by atoms with Gasteiger partial charge in [0.05, 0.1) is 13.7 Å². The number of aryl methyl sites for hydroxylation is 2. The first-order valence-electron chi connectivity index (χ1n) is 11.6. The number of carbonyl (C=O) groups is 2. The molecule has 1 aromatic heterocycles. The maximum atomic E-state index is 13.1. The van der Waals surface area contributed by atoms with E-state index >= 15 is 0 Å². The third-order valence-electron chi connectivity index (χ3n) is 6.41. The number of amides is 1. The summed E-state index contributed by atoms with van der Waals surface area (Å²) in [6, 6.07) is 10.3. The van der Waals surface area contributed by atoms with Crippen LogP contribution in [0.3, 0.4) is 0 Å². The lowest BCUT2D eigenvalue weighted by Gasteiger charge is -2.31. The Kier molecular flexibility index (Phi) is 8.13. The standard InChI is InChI=1S/C26H37N3O3/c1-18(2)27-26(31)22-11-13-28(14-12-22)17-25(30)24-16-19(3)29(20(24)4)15-10-21-6-8-23(32-5)9-7-21/h6-9,16,18,22H,10-15,17H2,1-5H3,(H,27,31). The number of rotatable bonds is 9. The van der Waals surface area contributed by atoms with Crippen molar-refractivity contribution < 1.29 is 14.3 Å². The van der Waals surface area contributed by atoms with Gasteiger partial charge in [-0.3, -0.25) is 14.5 Å². The molecule has 1 aliphatic rings. The highest BCUT2D eigenvalue weighted by atomic mass is 16.5. The Morgan fingerprint density at radius 2 is 1.78 bits per heavy atom. The fraction of sp³-hybridized carbons (Fsp3) is 0.538. The number of likely N-dealkylation sites (tertiary alicyclic amines) is 1. The molecule has 32 heavy (non-hydrogen) atoms. The van der Waals surface area contributed by atoms with Crippen molar-refractivity contribution in [2.75, 3.05) is 26.7 Å². The normalized spacial score (nSPS) is 15.2. The highest BCUT2D eigenvalue weighted by Gasteiger charge is 2.27. The number of ether oxygens (including phenoxy) is 1. The Bertz CT molecular complexity index is 923. The minimum absolute atomic E-state index is 0.0618. The van der Waals surface area contributed by atoms with Gasteiger partial charge in [0.25, 0.3) is 0 Å². The first-order valence-corrected chi connectivity index (χ1v) is 11.6. The molecule has 1 fully saturated rings. The number of benzene rings is 1. The van der Waals surface area contributed by atoms with E-state index in [2.05, 4.69) is 33.8 Å². The molecule has 0 bridgehead atoms. The molecule has 2 aromatic rings. The maximum absolute atomic E-state index is 13.1. The molecule has 0 radical (unpaired) electrons. The van der Waals surface area contributed by atoms with Crippen molar-refractivity contribution in [2.24, 2.45) is 5.92 Å². The SMILES string of the molecule is COc1ccc(CCn2c(C)cc(C(=O)CN3CCC(C(=O)NC(C)C)CC3)c2C)cc1. The zero-order chi connectivity index (χ0) is 23.3. The van der Waals surface area contributed by atoms with Gasteiger partial charge in [0.1, 0.15) is 5.75 Å². The quantitative estimate of drug-likeness (QED) is 0.604. The minimum atomic E-state index is 0.0618. The van der Waals surface area contributed by atoms with E-state index in [1.54, 1.807) is 7.11 Å². The summed E-state index contributed by atoms with van der Waals surface area (Å²) in [4.78, 5) is 27.5. The number of Topliss-reactive ketones (excluding diaryl/α,β-unsaturated/α-hetero) is 1. The molecular formula is C26H37N3O3. The van der Waals surface area contributed by atoms with E-state index in [0.717, 1.165) is 61.6 Å². The number of hydrogen-bond donors (Lipinski definition) is 1. The van der Waals surface area contributed by atoms with Crippen molar-refractivity contribution in [2.45, 2.75) is 59.5 Å². The Balaban J connectivity index is 1.55. The van der Waals surface area contributed by atoms with Crippen LogP contribution in [-0.4, -0.2) is 53.9 Å². The highest BCUT2D eigenvalue weighted by molar-refractivity contribution is 5.99. The fourth-order valence-corrected chi connectivity index (χ4v) is 4.50. The van der Waals surface area contributed by atoms with Gasteiger partial charge in [0.2, 0.25) is 5.91 Å². The van der Waals surface area contributed by atoms with Gasteiger partial charge in [0, 0.05) is 35.5 Å². The molecule has 3 rings (SSSR count). The Hall–Kier alpha value is -2.60. The average molecular weight is 440 g/mol. The summed E-state index contributed by atoms with van der Waals surface area (Å²) in [6.07, 6.45) is 2.53. The number of nitrogens with zero attached hydrogens (tertiary/aromatic N) is 2. The van der Waals surface area contributed by atoms with E-state index in [0.29, 0.717) is 6.54 Å². The predicted octanol–water partition coefficient (Wildman–Crippen LogP) is 3.78. The molecule has 174 valence electrons. The summed E-state index contributed by atoms with van der Waals surface area (Å²) >= 11 is 0. The van der Waals surface area contributed by atoms with Crippen molar-refractivity contribution >= 4 is 11.7 Å². The lowest BCUT2D eigenvalue weighted by Crippen LogP contribution is -2.43. The molecule has 2 heterocycles. The summed E-state index contributed by atoms with van der Waals surface area (Å²) in [5.41, 5.74) is 4.21. The zero-order valence-corrected chi connectivity index (χ0v) is 20.1. The predicted molar refractivity (Wildman–Crippen MR) is 127 cm³/mol. The Morgan fingerprint density at radius 1 is 1.12 bits per heavy atom. The van der Waals surface area contributed by atoms with Crippen LogP contribution in [0, 0.1) is 19.8 Å². The topological polar surface area (TPSA) is 63.6 Å². The van der Waals surface area contributed by atoms with Crippen LogP contribution in [0.4, 0.5) is 0 Å². The molecule has 1 saturated heterocycles. The number of carbonyl (C=O) groups excluding carboxylic acids is 2. The van der Waals surface area contributed by atoms with Crippen molar-refractivity contribution in [3.8, 4) is 5.75 Å². The molecule has 1 aliphatic heterocycles. The molecule has 0 unspecified atom stereocenters. The first-order chi connectivity index (χ1) is 15.3. The third kappa shape index (κ3) is 6.00. The van der Waals surface area contributed by atoms with E-state index in [1.165, 1.54) is 5.56 Å². The van der Waals surface area contributed by atoms with Crippen LogP contribution < -0.4 is 10.1 Å². The summed E-state index contributed by atoms with van der Waals surface area (Å²) in [6.45, 7) is 10.9. The summed E-state index contributed by atoms with van der Waals surface area (Å²) < 4.78 is 7.46. The van der Waals surface area contributed by atoms with E-state index in [4.69, 9.17) is 4.74 Å². The largest absolute Gasteiger partial charge is 0.497 e. The lowest BCUT2D eigenvalue weighted by atomic mass is 9.95. The molecule has 1 amide bonds. The zero-order valence-electron chi connectivity index (χ0n) is 20.1. The lowest BCUT2D eigenvalue weighted by molar-refractivity contribution is -0.126. The van der Waals surface area contributed by atoms with Crippen molar-refractivity contribution in [1.82, 2.24) is 14.8 Å². The number of piperidine rings is 1. The van der Waals surface area contributed by atoms with Gasteiger partial charge in [-0.2, -0.15) is 0 Å². The van der Waals surface area contributed by atoms with Gasteiger partial charge in [-0.1, -0.05) is 12.1 Å².